The maximum atomic E-state index is 12.0. The molecule has 3 nitrogen and oxygen atoms in total. The Balaban J connectivity index is 1.83. The fourth-order valence-electron chi connectivity index (χ4n) is 1.62. The highest BCUT2D eigenvalue weighted by molar-refractivity contribution is 8.06. The van der Waals surface area contributed by atoms with Crippen LogP contribution in [0.25, 0.3) is 0 Å². The molecule has 0 bridgehead atoms. The van der Waals surface area contributed by atoms with E-state index < -0.39 is 0 Å². The zero-order valence-corrected chi connectivity index (χ0v) is 12.9. The van der Waals surface area contributed by atoms with Crippen molar-refractivity contribution in [3.63, 3.8) is 0 Å². The molecule has 1 aliphatic heterocycles. The fraction of sp³-hybridized carbons (Fsp3) is 0.462. The standard InChI is InChI=1S/C13H16N2OS3/c14-3-1-2-11-6-10(8-19-11)13(16)15-7-12-9-17-4-5-18-12/h6,8,12H,3-5,7,9,14H2,(H,15,16). The van der Waals surface area contributed by atoms with Crippen molar-refractivity contribution < 1.29 is 4.79 Å². The first kappa shape index (κ1) is 14.8. The third-order valence-electron chi connectivity index (χ3n) is 2.55. The van der Waals surface area contributed by atoms with Gasteiger partial charge in [-0.1, -0.05) is 11.8 Å². The van der Waals surface area contributed by atoms with Crippen LogP contribution in [0.3, 0.4) is 0 Å². The van der Waals surface area contributed by atoms with Crippen LogP contribution < -0.4 is 11.1 Å². The monoisotopic (exact) mass is 312 g/mol. The van der Waals surface area contributed by atoms with Crippen molar-refractivity contribution in [1.82, 2.24) is 5.32 Å². The molecule has 3 N–H and O–H groups in total. The first-order valence-electron chi connectivity index (χ1n) is 6.04. The number of amides is 1. The highest BCUT2D eigenvalue weighted by atomic mass is 32.2. The lowest BCUT2D eigenvalue weighted by Gasteiger charge is -2.20. The van der Waals surface area contributed by atoms with Gasteiger partial charge in [0, 0.05) is 34.4 Å². The van der Waals surface area contributed by atoms with Crippen LogP contribution in [0.15, 0.2) is 11.4 Å². The van der Waals surface area contributed by atoms with Crippen molar-refractivity contribution in [2.24, 2.45) is 5.73 Å². The number of rotatable bonds is 3. The van der Waals surface area contributed by atoms with Crippen molar-refractivity contribution in [3.05, 3.63) is 21.9 Å². The summed E-state index contributed by atoms with van der Waals surface area (Å²) in [6.07, 6.45) is 0. The molecule has 0 aromatic carbocycles. The summed E-state index contributed by atoms with van der Waals surface area (Å²) in [5.74, 6) is 9.26. The van der Waals surface area contributed by atoms with Crippen LogP contribution in [-0.4, -0.2) is 41.5 Å². The van der Waals surface area contributed by atoms with Gasteiger partial charge in [0.15, 0.2) is 0 Å². The van der Waals surface area contributed by atoms with Gasteiger partial charge in [-0.3, -0.25) is 4.79 Å². The molecule has 1 aromatic rings. The van der Waals surface area contributed by atoms with Gasteiger partial charge < -0.3 is 11.1 Å². The van der Waals surface area contributed by atoms with E-state index in [-0.39, 0.29) is 5.91 Å². The molecule has 2 heterocycles. The molecule has 1 atom stereocenters. The summed E-state index contributed by atoms with van der Waals surface area (Å²) >= 11 is 5.39. The third-order valence-corrected chi connectivity index (χ3v) is 6.24. The quantitative estimate of drug-likeness (QED) is 0.833. The SMILES string of the molecule is NCC#Cc1cc(C(=O)NCC2CSCCS2)cs1. The van der Waals surface area contributed by atoms with Gasteiger partial charge in [0.1, 0.15) is 0 Å². The molecule has 1 saturated heterocycles. The summed E-state index contributed by atoms with van der Waals surface area (Å²) in [6, 6.07) is 1.82. The second kappa shape index (κ2) is 7.85. The normalized spacial score (nSPS) is 18.5. The Kier molecular flexibility index (Phi) is 6.11. The van der Waals surface area contributed by atoms with E-state index in [9.17, 15) is 4.79 Å². The van der Waals surface area contributed by atoms with Crippen LogP contribution in [0.4, 0.5) is 0 Å². The minimum Gasteiger partial charge on any atom is -0.351 e. The van der Waals surface area contributed by atoms with Crippen molar-refractivity contribution in [3.8, 4) is 11.8 Å². The molecule has 1 aromatic heterocycles. The molecule has 1 unspecified atom stereocenters. The fourth-order valence-corrected chi connectivity index (χ4v) is 4.99. The minimum atomic E-state index is -0.00628. The number of thioether (sulfide) groups is 2. The summed E-state index contributed by atoms with van der Waals surface area (Å²) in [5.41, 5.74) is 6.01. The third kappa shape index (κ3) is 4.77. The lowest BCUT2D eigenvalue weighted by molar-refractivity contribution is 0.0954. The largest absolute Gasteiger partial charge is 0.351 e. The number of thiophene rings is 1. The smallest absolute Gasteiger partial charge is 0.252 e. The number of nitrogens with two attached hydrogens (primary N) is 1. The minimum absolute atomic E-state index is 0.00628. The van der Waals surface area contributed by atoms with E-state index >= 15 is 0 Å². The zero-order valence-electron chi connectivity index (χ0n) is 10.5. The van der Waals surface area contributed by atoms with Crippen LogP contribution >= 0.6 is 34.9 Å². The van der Waals surface area contributed by atoms with Gasteiger partial charge in [-0.15, -0.1) is 11.3 Å². The van der Waals surface area contributed by atoms with Gasteiger partial charge in [0.05, 0.1) is 17.0 Å². The van der Waals surface area contributed by atoms with Crippen molar-refractivity contribution in [1.29, 1.82) is 0 Å². The van der Waals surface area contributed by atoms with Gasteiger partial charge in [-0.25, -0.2) is 0 Å². The molecule has 19 heavy (non-hydrogen) atoms. The summed E-state index contributed by atoms with van der Waals surface area (Å²) in [5, 5.41) is 5.38. The lowest BCUT2D eigenvalue weighted by Crippen LogP contribution is -2.33. The van der Waals surface area contributed by atoms with Gasteiger partial charge in [-0.2, -0.15) is 23.5 Å². The van der Waals surface area contributed by atoms with Crippen LogP contribution in [0.2, 0.25) is 0 Å². The van der Waals surface area contributed by atoms with E-state index in [1.807, 2.05) is 35.0 Å². The molecule has 1 fully saturated rings. The number of nitrogens with one attached hydrogen (secondary N) is 1. The second-order valence-corrected chi connectivity index (χ2v) is 7.45. The number of hydrogen-bond acceptors (Lipinski definition) is 5. The molecule has 0 saturated carbocycles. The van der Waals surface area contributed by atoms with Gasteiger partial charge in [0.2, 0.25) is 0 Å². The maximum Gasteiger partial charge on any atom is 0.252 e. The molecule has 1 aliphatic rings. The van der Waals surface area contributed by atoms with E-state index in [1.54, 1.807) is 0 Å². The first-order chi connectivity index (χ1) is 9.29. The lowest BCUT2D eigenvalue weighted by atomic mass is 10.3. The predicted molar refractivity (Wildman–Crippen MR) is 86.2 cm³/mol. The van der Waals surface area contributed by atoms with Gasteiger partial charge >= 0.3 is 0 Å². The Hall–Kier alpha value is -0.610. The number of hydrogen-bond donors (Lipinski definition) is 2. The molecule has 2 rings (SSSR count). The van der Waals surface area contributed by atoms with Crippen molar-refractivity contribution >= 4 is 40.8 Å². The zero-order chi connectivity index (χ0) is 13.5. The van der Waals surface area contributed by atoms with E-state index in [0.29, 0.717) is 17.4 Å². The molecule has 6 heteroatoms. The van der Waals surface area contributed by atoms with Crippen molar-refractivity contribution in [2.75, 3.05) is 30.3 Å². The van der Waals surface area contributed by atoms with Crippen LogP contribution in [0, 0.1) is 11.8 Å². The number of carbonyl (C=O) groups excluding carboxylic acids is 1. The first-order valence-corrected chi connectivity index (χ1v) is 9.13. The predicted octanol–water partition coefficient (Wildman–Crippen LogP) is 1.64. The highest BCUT2D eigenvalue weighted by Crippen LogP contribution is 2.23. The molecule has 1 amide bonds. The van der Waals surface area contributed by atoms with Crippen LogP contribution in [0.1, 0.15) is 15.2 Å². The van der Waals surface area contributed by atoms with Crippen molar-refractivity contribution in [2.45, 2.75) is 5.25 Å². The number of carbonyl (C=O) groups is 1. The van der Waals surface area contributed by atoms with Crippen LogP contribution in [0.5, 0.6) is 0 Å². The molecule has 0 aliphatic carbocycles. The summed E-state index contributed by atoms with van der Waals surface area (Å²) in [7, 11) is 0. The Labute approximate surface area is 126 Å². The average Bonchev–Trinajstić information content (AvgIpc) is 2.92. The summed E-state index contributed by atoms with van der Waals surface area (Å²) < 4.78 is 0. The summed E-state index contributed by atoms with van der Waals surface area (Å²) in [4.78, 5) is 12.9. The molecular formula is C13H16N2OS3. The average molecular weight is 312 g/mol. The topological polar surface area (TPSA) is 55.1 Å². The van der Waals surface area contributed by atoms with E-state index in [0.717, 1.165) is 17.2 Å². The Morgan fingerprint density at radius 1 is 1.53 bits per heavy atom. The van der Waals surface area contributed by atoms with Gasteiger partial charge in [-0.05, 0) is 6.07 Å². The molecular weight excluding hydrogens is 296 g/mol. The van der Waals surface area contributed by atoms with E-state index in [4.69, 9.17) is 5.73 Å². The highest BCUT2D eigenvalue weighted by Gasteiger charge is 2.16. The van der Waals surface area contributed by atoms with E-state index in [1.165, 1.54) is 22.8 Å². The molecule has 0 spiro atoms. The maximum absolute atomic E-state index is 12.0. The molecule has 0 radical (unpaired) electrons. The Morgan fingerprint density at radius 3 is 3.16 bits per heavy atom. The van der Waals surface area contributed by atoms with E-state index in [2.05, 4.69) is 17.2 Å². The summed E-state index contributed by atoms with van der Waals surface area (Å²) in [6.45, 7) is 1.09. The Bertz CT molecular complexity index is 484. The Morgan fingerprint density at radius 2 is 2.42 bits per heavy atom. The van der Waals surface area contributed by atoms with Gasteiger partial charge in [0.25, 0.3) is 5.91 Å². The molecule has 102 valence electrons. The van der Waals surface area contributed by atoms with Crippen LogP contribution in [-0.2, 0) is 0 Å². The second-order valence-electron chi connectivity index (χ2n) is 3.98.